The minimum Gasteiger partial charge on any atom is -0.346 e. The molecular formula is C25H26N4O2. The van der Waals surface area contributed by atoms with Gasteiger partial charge in [0.05, 0.1) is 12.2 Å². The maximum atomic E-state index is 13.1. The number of rotatable bonds is 6. The summed E-state index contributed by atoms with van der Waals surface area (Å²) in [6.45, 7) is 4.36. The third-order valence-electron chi connectivity index (χ3n) is 5.38. The molecule has 1 aromatic heterocycles. The summed E-state index contributed by atoms with van der Waals surface area (Å²) in [6.07, 6.45) is 2.58. The van der Waals surface area contributed by atoms with Crippen LogP contribution in [0, 0.1) is 6.92 Å². The van der Waals surface area contributed by atoms with Gasteiger partial charge >= 0.3 is 6.03 Å². The van der Waals surface area contributed by atoms with Crippen molar-refractivity contribution in [1.82, 2.24) is 15.2 Å². The Labute approximate surface area is 182 Å². The van der Waals surface area contributed by atoms with E-state index in [4.69, 9.17) is 0 Å². The monoisotopic (exact) mass is 414 g/mol. The van der Waals surface area contributed by atoms with Crippen molar-refractivity contribution in [2.75, 3.05) is 18.0 Å². The number of aromatic nitrogens is 1. The van der Waals surface area contributed by atoms with Crippen molar-refractivity contribution in [3.05, 3.63) is 95.3 Å². The highest BCUT2D eigenvalue weighted by molar-refractivity contribution is 5.98. The van der Waals surface area contributed by atoms with Gasteiger partial charge in [-0.3, -0.25) is 14.7 Å². The first-order valence-electron chi connectivity index (χ1n) is 10.5. The molecule has 0 spiro atoms. The van der Waals surface area contributed by atoms with Gasteiger partial charge in [0.25, 0.3) is 5.91 Å². The number of urea groups is 1. The van der Waals surface area contributed by atoms with E-state index >= 15 is 0 Å². The fraction of sp³-hybridized carbons (Fsp3) is 0.240. The molecule has 6 heteroatoms. The second kappa shape index (κ2) is 9.43. The van der Waals surface area contributed by atoms with Crippen LogP contribution in [0.4, 0.5) is 10.5 Å². The number of aryl methyl sites for hydroxylation is 1. The third kappa shape index (κ3) is 5.09. The van der Waals surface area contributed by atoms with Crippen molar-refractivity contribution in [3.8, 4) is 0 Å². The SMILES string of the molecule is Cc1ccc(CN2CCCN(c3cccc(C(=O)NCc4ccccn4)c3)C2=O)cc1. The maximum absolute atomic E-state index is 13.1. The van der Waals surface area contributed by atoms with Gasteiger partial charge in [0.1, 0.15) is 0 Å². The Hall–Kier alpha value is -3.67. The van der Waals surface area contributed by atoms with Gasteiger partial charge in [0, 0.05) is 37.1 Å². The van der Waals surface area contributed by atoms with Crippen LogP contribution < -0.4 is 10.2 Å². The lowest BCUT2D eigenvalue weighted by molar-refractivity contribution is 0.0950. The first-order valence-corrected chi connectivity index (χ1v) is 10.5. The molecule has 158 valence electrons. The number of carbonyl (C=O) groups is 2. The molecule has 1 saturated heterocycles. The van der Waals surface area contributed by atoms with Crippen molar-refractivity contribution in [1.29, 1.82) is 0 Å². The number of anilines is 1. The van der Waals surface area contributed by atoms with E-state index in [0.29, 0.717) is 25.2 Å². The molecule has 3 aromatic rings. The molecule has 6 nitrogen and oxygen atoms in total. The van der Waals surface area contributed by atoms with E-state index in [1.165, 1.54) is 5.56 Å². The molecule has 4 rings (SSSR count). The van der Waals surface area contributed by atoms with Crippen molar-refractivity contribution in [3.63, 3.8) is 0 Å². The van der Waals surface area contributed by atoms with Gasteiger partial charge in [-0.1, -0.05) is 42.0 Å². The van der Waals surface area contributed by atoms with Crippen LogP contribution in [0.25, 0.3) is 0 Å². The Kier molecular flexibility index (Phi) is 6.26. The van der Waals surface area contributed by atoms with Crippen molar-refractivity contribution >= 4 is 17.6 Å². The van der Waals surface area contributed by atoms with Gasteiger partial charge in [-0.05, 0) is 49.2 Å². The highest BCUT2D eigenvalue weighted by atomic mass is 16.2. The lowest BCUT2D eigenvalue weighted by atomic mass is 10.1. The minimum atomic E-state index is -0.187. The van der Waals surface area contributed by atoms with Crippen LogP contribution in [0.3, 0.4) is 0 Å². The summed E-state index contributed by atoms with van der Waals surface area (Å²) >= 11 is 0. The normalized spacial score (nSPS) is 13.9. The van der Waals surface area contributed by atoms with Crippen LogP contribution in [0.15, 0.2) is 72.9 Å². The Morgan fingerprint density at radius 3 is 2.65 bits per heavy atom. The summed E-state index contributed by atoms with van der Waals surface area (Å²) in [4.78, 5) is 33.6. The van der Waals surface area contributed by atoms with Crippen LogP contribution in [0.2, 0.25) is 0 Å². The maximum Gasteiger partial charge on any atom is 0.324 e. The van der Waals surface area contributed by atoms with E-state index in [1.54, 1.807) is 23.2 Å². The number of nitrogens with one attached hydrogen (secondary N) is 1. The predicted molar refractivity (Wildman–Crippen MR) is 121 cm³/mol. The molecule has 0 radical (unpaired) electrons. The fourth-order valence-electron chi connectivity index (χ4n) is 3.67. The molecule has 1 N–H and O–H groups in total. The van der Waals surface area contributed by atoms with Crippen LogP contribution in [-0.4, -0.2) is 34.9 Å². The second-order valence-electron chi connectivity index (χ2n) is 7.75. The average molecular weight is 415 g/mol. The molecular weight excluding hydrogens is 388 g/mol. The van der Waals surface area contributed by atoms with Crippen LogP contribution in [-0.2, 0) is 13.1 Å². The highest BCUT2D eigenvalue weighted by Gasteiger charge is 2.27. The Bertz CT molecular complexity index is 1050. The second-order valence-corrected chi connectivity index (χ2v) is 7.75. The standard InChI is InChI=1S/C25H26N4O2/c1-19-9-11-20(12-10-19)18-28-14-5-15-29(25(28)31)23-8-4-6-21(16-23)24(30)27-17-22-7-2-3-13-26-22/h2-4,6-13,16H,5,14-15,17-18H2,1H3,(H,27,30). The van der Waals surface area contributed by atoms with Crippen LogP contribution >= 0.6 is 0 Å². The van der Waals surface area contributed by atoms with E-state index < -0.39 is 0 Å². The van der Waals surface area contributed by atoms with E-state index in [-0.39, 0.29) is 11.9 Å². The van der Waals surface area contributed by atoms with Gasteiger partial charge in [0.2, 0.25) is 0 Å². The lowest BCUT2D eigenvalue weighted by Gasteiger charge is -2.36. The molecule has 2 aromatic carbocycles. The van der Waals surface area contributed by atoms with Gasteiger partial charge in [0.15, 0.2) is 0 Å². The fourth-order valence-corrected chi connectivity index (χ4v) is 3.67. The van der Waals surface area contributed by atoms with Gasteiger partial charge in [-0.15, -0.1) is 0 Å². The van der Waals surface area contributed by atoms with Crippen LogP contribution in [0.1, 0.15) is 33.6 Å². The molecule has 0 atom stereocenters. The van der Waals surface area contributed by atoms with Crippen molar-refractivity contribution in [2.45, 2.75) is 26.4 Å². The van der Waals surface area contributed by atoms with E-state index in [2.05, 4.69) is 41.5 Å². The quantitative estimate of drug-likeness (QED) is 0.659. The number of hydrogen-bond donors (Lipinski definition) is 1. The van der Waals surface area contributed by atoms with E-state index in [9.17, 15) is 9.59 Å². The summed E-state index contributed by atoms with van der Waals surface area (Å²) in [6, 6.07) is 21.1. The molecule has 1 aliphatic heterocycles. The molecule has 0 saturated carbocycles. The zero-order valence-corrected chi connectivity index (χ0v) is 17.6. The molecule has 0 unspecified atom stereocenters. The molecule has 3 amide bonds. The average Bonchev–Trinajstić information content (AvgIpc) is 2.81. The summed E-state index contributed by atoms with van der Waals surface area (Å²) in [5.41, 5.74) is 4.38. The Balaban J connectivity index is 1.44. The smallest absolute Gasteiger partial charge is 0.324 e. The first kappa shape index (κ1) is 20.6. The van der Waals surface area contributed by atoms with Crippen molar-refractivity contribution < 1.29 is 9.59 Å². The largest absolute Gasteiger partial charge is 0.346 e. The summed E-state index contributed by atoms with van der Waals surface area (Å²) in [7, 11) is 0. The molecule has 0 aliphatic carbocycles. The van der Waals surface area contributed by atoms with E-state index in [0.717, 1.165) is 29.9 Å². The number of carbonyl (C=O) groups excluding carboxylic acids is 2. The highest BCUT2D eigenvalue weighted by Crippen LogP contribution is 2.23. The molecule has 31 heavy (non-hydrogen) atoms. The molecule has 1 aliphatic rings. The zero-order valence-electron chi connectivity index (χ0n) is 17.6. The van der Waals surface area contributed by atoms with E-state index in [1.807, 2.05) is 35.2 Å². The summed E-state index contributed by atoms with van der Waals surface area (Å²) in [5.74, 6) is -0.187. The first-order chi connectivity index (χ1) is 15.1. The molecule has 1 fully saturated rings. The number of nitrogens with zero attached hydrogens (tertiary/aromatic N) is 3. The van der Waals surface area contributed by atoms with Gasteiger partial charge in [-0.2, -0.15) is 0 Å². The Morgan fingerprint density at radius 2 is 1.87 bits per heavy atom. The number of pyridine rings is 1. The van der Waals surface area contributed by atoms with Crippen LogP contribution in [0.5, 0.6) is 0 Å². The lowest BCUT2D eigenvalue weighted by Crippen LogP contribution is -2.49. The summed E-state index contributed by atoms with van der Waals surface area (Å²) < 4.78 is 0. The summed E-state index contributed by atoms with van der Waals surface area (Å²) in [5, 5.41) is 2.89. The molecule has 2 heterocycles. The number of benzene rings is 2. The predicted octanol–water partition coefficient (Wildman–Crippen LogP) is 4.15. The van der Waals surface area contributed by atoms with Crippen molar-refractivity contribution in [2.24, 2.45) is 0 Å². The number of amides is 3. The molecule has 0 bridgehead atoms. The Morgan fingerprint density at radius 1 is 1.03 bits per heavy atom. The zero-order chi connectivity index (χ0) is 21.6. The topological polar surface area (TPSA) is 65.5 Å². The minimum absolute atomic E-state index is 0.0298. The van der Waals surface area contributed by atoms with Gasteiger partial charge in [-0.25, -0.2) is 4.79 Å². The number of hydrogen-bond acceptors (Lipinski definition) is 3. The third-order valence-corrected chi connectivity index (χ3v) is 5.38. The van der Waals surface area contributed by atoms with Gasteiger partial charge < -0.3 is 10.2 Å².